The van der Waals surface area contributed by atoms with Gasteiger partial charge in [0.05, 0.1) is 12.3 Å². The van der Waals surface area contributed by atoms with E-state index >= 15 is 4.39 Å². The topological polar surface area (TPSA) is 15.6 Å². The molecule has 28 heavy (non-hydrogen) atoms. The third kappa shape index (κ3) is 3.81. The molecule has 0 saturated heterocycles. The first kappa shape index (κ1) is 19.7. The third-order valence-corrected chi connectivity index (χ3v) is 4.71. The summed E-state index contributed by atoms with van der Waals surface area (Å²) in [5.74, 6) is -0.603. The second-order valence-corrected chi connectivity index (χ2v) is 6.92. The van der Waals surface area contributed by atoms with Gasteiger partial charge in [0.15, 0.2) is 0 Å². The fourth-order valence-corrected chi connectivity index (χ4v) is 3.39. The Morgan fingerprint density at radius 3 is 2.43 bits per heavy atom. The summed E-state index contributed by atoms with van der Waals surface area (Å²) >= 11 is 0. The number of rotatable bonds is 4. The van der Waals surface area contributed by atoms with Crippen molar-refractivity contribution in [2.24, 2.45) is 4.99 Å². The summed E-state index contributed by atoms with van der Waals surface area (Å²) in [5.41, 5.74) is 4.96. The van der Waals surface area contributed by atoms with E-state index in [1.54, 1.807) is 18.2 Å². The molecule has 1 aliphatic heterocycles. The summed E-state index contributed by atoms with van der Waals surface area (Å²) in [7, 11) is 3.86. The van der Waals surface area contributed by atoms with Gasteiger partial charge >= 0.3 is 0 Å². The average Bonchev–Trinajstić information content (AvgIpc) is 2.81. The van der Waals surface area contributed by atoms with Crippen LogP contribution in [0.25, 0.3) is 5.57 Å². The van der Waals surface area contributed by atoms with E-state index < -0.39 is 0 Å². The Hall–Kier alpha value is -3.01. The Kier molecular flexibility index (Phi) is 5.88. The zero-order chi connectivity index (χ0) is 20.3. The van der Waals surface area contributed by atoms with Crippen LogP contribution in [0.5, 0.6) is 0 Å². The lowest BCUT2D eigenvalue weighted by molar-refractivity contribution is 0.565. The lowest BCUT2D eigenvalue weighted by atomic mass is 9.89. The molecule has 0 atom stereocenters. The molecule has 2 aromatic carbocycles. The van der Waals surface area contributed by atoms with Crippen LogP contribution in [0.3, 0.4) is 0 Å². The van der Waals surface area contributed by atoms with Gasteiger partial charge in [-0.15, -0.1) is 0 Å². The van der Waals surface area contributed by atoms with E-state index in [9.17, 15) is 4.39 Å². The maximum absolute atomic E-state index is 15.5. The van der Waals surface area contributed by atoms with Gasteiger partial charge < -0.3 is 4.90 Å². The van der Waals surface area contributed by atoms with Crippen LogP contribution < -0.4 is 0 Å². The van der Waals surface area contributed by atoms with Crippen molar-refractivity contribution in [2.75, 3.05) is 20.6 Å². The van der Waals surface area contributed by atoms with Crippen LogP contribution in [0, 0.1) is 11.6 Å². The molecule has 0 N–H and O–H groups in total. The van der Waals surface area contributed by atoms with Crippen LogP contribution in [0.1, 0.15) is 29.2 Å². The van der Waals surface area contributed by atoms with Crippen molar-refractivity contribution in [3.63, 3.8) is 0 Å². The summed E-state index contributed by atoms with van der Waals surface area (Å²) in [6.45, 7) is 6.11. The van der Waals surface area contributed by atoms with E-state index in [4.69, 9.17) is 4.99 Å². The molecular weight excluding hydrogens is 354 g/mol. The van der Waals surface area contributed by atoms with Crippen molar-refractivity contribution in [3.05, 3.63) is 101 Å². The second kappa shape index (κ2) is 8.34. The number of allylic oxidation sites excluding steroid dienone is 2. The van der Waals surface area contributed by atoms with E-state index in [1.807, 2.05) is 50.3 Å². The number of nitrogens with zero attached hydrogens (tertiary/aromatic N) is 2. The molecule has 1 heterocycles. The molecule has 4 heteroatoms. The Balaban J connectivity index is 2.36. The van der Waals surface area contributed by atoms with E-state index in [2.05, 4.69) is 6.58 Å². The Labute approximate surface area is 165 Å². The molecule has 0 spiro atoms. The van der Waals surface area contributed by atoms with Gasteiger partial charge in [-0.25, -0.2) is 8.78 Å². The van der Waals surface area contributed by atoms with Gasteiger partial charge in [-0.1, -0.05) is 37.8 Å². The fourth-order valence-electron chi connectivity index (χ4n) is 3.39. The Morgan fingerprint density at radius 2 is 1.82 bits per heavy atom. The number of benzene rings is 2. The average molecular weight is 378 g/mol. The summed E-state index contributed by atoms with van der Waals surface area (Å²) in [6, 6.07) is 9.83. The molecule has 0 fully saturated rings. The van der Waals surface area contributed by atoms with Crippen molar-refractivity contribution in [1.82, 2.24) is 4.90 Å². The first-order valence-corrected chi connectivity index (χ1v) is 9.29. The van der Waals surface area contributed by atoms with Crippen LogP contribution in [-0.2, 0) is 6.42 Å². The number of aryl methyl sites for hydroxylation is 1. The molecule has 0 aliphatic carbocycles. The molecule has 144 valence electrons. The van der Waals surface area contributed by atoms with Crippen molar-refractivity contribution in [3.8, 4) is 0 Å². The molecule has 3 rings (SSSR count). The molecule has 0 bridgehead atoms. The van der Waals surface area contributed by atoms with Crippen molar-refractivity contribution in [1.29, 1.82) is 0 Å². The summed E-state index contributed by atoms with van der Waals surface area (Å²) in [4.78, 5) is 6.67. The standard InChI is InChI=1S/C24H24F2N2/c1-5-7-18-14-27-24(17-8-11-19(25)12-9-17)22-20(21(18)15-28(3)4)13-10-16(6-2)23(22)26/h5,7-13,15H,1,6,14H2,2-4H3/b18-7-,21-15+. The highest BCUT2D eigenvalue weighted by Crippen LogP contribution is 2.34. The molecule has 0 unspecified atom stereocenters. The van der Waals surface area contributed by atoms with Crippen molar-refractivity contribution >= 4 is 11.3 Å². The Bertz CT molecular complexity index is 980. The molecule has 2 nitrogen and oxygen atoms in total. The van der Waals surface area contributed by atoms with Crippen molar-refractivity contribution < 1.29 is 8.78 Å². The number of hydrogen-bond acceptors (Lipinski definition) is 2. The molecule has 1 aliphatic rings. The van der Waals surface area contributed by atoms with E-state index in [1.165, 1.54) is 12.1 Å². The maximum Gasteiger partial charge on any atom is 0.136 e. The lowest BCUT2D eigenvalue weighted by Gasteiger charge is -2.17. The predicted molar refractivity (Wildman–Crippen MR) is 113 cm³/mol. The zero-order valence-corrected chi connectivity index (χ0v) is 16.5. The minimum Gasteiger partial charge on any atom is -0.383 e. The van der Waals surface area contributed by atoms with Gasteiger partial charge in [-0.05, 0) is 47.4 Å². The first-order valence-electron chi connectivity index (χ1n) is 9.29. The Morgan fingerprint density at radius 1 is 1.11 bits per heavy atom. The maximum atomic E-state index is 15.5. The molecular formula is C24H24F2N2. The van der Waals surface area contributed by atoms with Crippen LogP contribution in [0.4, 0.5) is 8.78 Å². The van der Waals surface area contributed by atoms with E-state index in [-0.39, 0.29) is 11.6 Å². The van der Waals surface area contributed by atoms with Crippen LogP contribution >= 0.6 is 0 Å². The summed E-state index contributed by atoms with van der Waals surface area (Å²) in [6.07, 6.45) is 6.18. The van der Waals surface area contributed by atoms with Crippen LogP contribution in [0.15, 0.2) is 71.9 Å². The smallest absolute Gasteiger partial charge is 0.136 e. The first-order chi connectivity index (χ1) is 13.5. The second-order valence-electron chi connectivity index (χ2n) is 6.92. The quantitative estimate of drug-likeness (QED) is 0.696. The third-order valence-electron chi connectivity index (χ3n) is 4.71. The number of fused-ring (bicyclic) bond motifs is 1. The largest absolute Gasteiger partial charge is 0.383 e. The highest BCUT2D eigenvalue weighted by atomic mass is 19.1. The van der Waals surface area contributed by atoms with Gasteiger partial charge in [0.1, 0.15) is 11.6 Å². The molecule has 0 radical (unpaired) electrons. The normalized spacial score (nSPS) is 16.5. The summed E-state index contributed by atoms with van der Waals surface area (Å²) in [5, 5.41) is 0. The monoisotopic (exact) mass is 378 g/mol. The highest BCUT2D eigenvalue weighted by Gasteiger charge is 2.25. The van der Waals surface area contributed by atoms with Crippen LogP contribution in [0.2, 0.25) is 0 Å². The molecule has 2 aromatic rings. The highest BCUT2D eigenvalue weighted by molar-refractivity contribution is 6.17. The zero-order valence-electron chi connectivity index (χ0n) is 16.5. The van der Waals surface area contributed by atoms with Gasteiger partial charge in [-0.3, -0.25) is 4.99 Å². The molecule has 0 saturated carbocycles. The molecule has 0 aromatic heterocycles. The van der Waals surface area contributed by atoms with E-state index in [0.717, 1.165) is 16.7 Å². The minimum absolute atomic E-state index is 0.271. The van der Waals surface area contributed by atoms with E-state index in [0.29, 0.717) is 35.4 Å². The lowest BCUT2D eigenvalue weighted by Crippen LogP contribution is -2.11. The number of aliphatic imine (C=N–C) groups is 1. The van der Waals surface area contributed by atoms with Gasteiger partial charge in [0.2, 0.25) is 0 Å². The SMILES string of the molecule is C=C/C=C1/CN=C(c2ccc(F)cc2)c2c(ccc(CC)c2F)/C1=C/N(C)C. The predicted octanol–water partition coefficient (Wildman–Crippen LogP) is 5.39. The minimum atomic E-state index is -0.332. The molecule has 0 amide bonds. The van der Waals surface area contributed by atoms with Crippen molar-refractivity contribution in [2.45, 2.75) is 13.3 Å². The van der Waals surface area contributed by atoms with Gasteiger partial charge in [-0.2, -0.15) is 0 Å². The number of halogens is 2. The number of hydrogen-bond donors (Lipinski definition) is 0. The fraction of sp³-hybridized carbons (Fsp3) is 0.208. The summed E-state index contributed by atoms with van der Waals surface area (Å²) < 4.78 is 29.0. The van der Waals surface area contributed by atoms with Crippen LogP contribution in [-0.4, -0.2) is 31.3 Å². The van der Waals surface area contributed by atoms with Gasteiger partial charge in [0, 0.05) is 37.0 Å². The van der Waals surface area contributed by atoms with Gasteiger partial charge in [0.25, 0.3) is 0 Å².